The van der Waals surface area contributed by atoms with Crippen LogP contribution in [0.3, 0.4) is 0 Å². The molecule has 1 unspecified atom stereocenters. The van der Waals surface area contributed by atoms with Crippen LogP contribution in [-0.2, 0) is 10.3 Å². The van der Waals surface area contributed by atoms with Crippen LogP contribution >= 0.6 is 11.3 Å². The molecule has 1 atom stereocenters. The monoisotopic (exact) mass is 314 g/mol. The van der Waals surface area contributed by atoms with Crippen molar-refractivity contribution in [3.63, 3.8) is 0 Å². The molecule has 22 heavy (non-hydrogen) atoms. The Morgan fingerprint density at radius 2 is 1.91 bits per heavy atom. The average Bonchev–Trinajstić information content (AvgIpc) is 3.12. The summed E-state index contributed by atoms with van der Waals surface area (Å²) < 4.78 is 5.36. The molecule has 1 aliphatic rings. The molecule has 1 fully saturated rings. The topological polar surface area (TPSA) is 33.9 Å². The van der Waals surface area contributed by atoms with Gasteiger partial charge in [-0.25, -0.2) is 0 Å². The molecule has 1 saturated heterocycles. The van der Waals surface area contributed by atoms with Crippen molar-refractivity contribution in [1.82, 2.24) is 0 Å². The Labute approximate surface area is 135 Å². The second-order valence-corrected chi connectivity index (χ2v) is 6.34. The molecular formula is C18H20NO2S+. The molecule has 3 rings (SSSR count). The quantitative estimate of drug-likeness (QED) is 0.826. The Kier molecular flexibility index (Phi) is 4.91. The van der Waals surface area contributed by atoms with Crippen LogP contribution in [0.4, 0.5) is 0 Å². The van der Waals surface area contributed by atoms with E-state index in [1.807, 2.05) is 47.8 Å². The Balaban J connectivity index is 1.84. The molecule has 1 aromatic heterocycles. The lowest BCUT2D eigenvalue weighted by atomic mass is 9.93. The highest BCUT2D eigenvalue weighted by atomic mass is 32.1. The zero-order valence-electron chi connectivity index (χ0n) is 12.4. The fraction of sp³-hybridized carbons (Fsp3) is 0.333. The predicted octanol–water partition coefficient (Wildman–Crippen LogP) is 0.903. The number of nitrogens with one attached hydrogen (secondary N) is 1. The van der Waals surface area contributed by atoms with Gasteiger partial charge in [0.25, 0.3) is 0 Å². The first kappa shape index (κ1) is 15.3. The van der Waals surface area contributed by atoms with Crippen molar-refractivity contribution in [3.8, 4) is 11.8 Å². The highest BCUT2D eigenvalue weighted by Gasteiger charge is 2.30. The van der Waals surface area contributed by atoms with Gasteiger partial charge >= 0.3 is 0 Å². The van der Waals surface area contributed by atoms with E-state index in [1.165, 1.54) is 16.2 Å². The van der Waals surface area contributed by atoms with E-state index in [-0.39, 0.29) is 0 Å². The highest BCUT2D eigenvalue weighted by Crippen LogP contribution is 2.31. The van der Waals surface area contributed by atoms with E-state index in [2.05, 4.69) is 11.8 Å². The lowest BCUT2D eigenvalue weighted by molar-refractivity contribution is -0.900. The summed E-state index contributed by atoms with van der Waals surface area (Å²) in [5, 5.41) is 13.1. The normalized spacial score (nSPS) is 18.2. The predicted molar refractivity (Wildman–Crippen MR) is 87.9 cm³/mol. The van der Waals surface area contributed by atoms with Crippen molar-refractivity contribution < 1.29 is 14.7 Å². The van der Waals surface area contributed by atoms with Gasteiger partial charge in [-0.2, -0.15) is 0 Å². The summed E-state index contributed by atoms with van der Waals surface area (Å²) in [6.45, 7) is 4.30. The van der Waals surface area contributed by atoms with Crippen molar-refractivity contribution in [3.05, 3.63) is 58.3 Å². The molecular weight excluding hydrogens is 294 g/mol. The van der Waals surface area contributed by atoms with Crippen molar-refractivity contribution in [2.45, 2.75) is 5.60 Å². The molecule has 114 valence electrons. The number of aliphatic hydroxyl groups is 1. The highest BCUT2D eigenvalue weighted by molar-refractivity contribution is 7.10. The Morgan fingerprint density at radius 3 is 2.59 bits per heavy atom. The molecule has 4 heteroatoms. The van der Waals surface area contributed by atoms with Gasteiger partial charge in [-0.1, -0.05) is 42.3 Å². The maximum atomic E-state index is 11.2. The van der Waals surface area contributed by atoms with Gasteiger partial charge in [0, 0.05) is 5.56 Å². The van der Waals surface area contributed by atoms with Crippen LogP contribution in [0, 0.1) is 11.8 Å². The summed E-state index contributed by atoms with van der Waals surface area (Å²) in [6, 6.07) is 13.6. The fourth-order valence-electron chi connectivity index (χ4n) is 2.57. The van der Waals surface area contributed by atoms with Gasteiger partial charge in [0.05, 0.1) is 18.1 Å². The Morgan fingerprint density at radius 1 is 1.14 bits per heavy atom. The van der Waals surface area contributed by atoms with Crippen LogP contribution in [0.1, 0.15) is 10.4 Å². The largest absolute Gasteiger partial charge is 0.370 e. The first-order valence-electron chi connectivity index (χ1n) is 7.52. The number of hydrogen-bond donors (Lipinski definition) is 2. The van der Waals surface area contributed by atoms with Crippen molar-refractivity contribution >= 4 is 11.3 Å². The number of benzene rings is 1. The van der Waals surface area contributed by atoms with Crippen LogP contribution in [0.25, 0.3) is 0 Å². The molecule has 0 amide bonds. The van der Waals surface area contributed by atoms with Crippen LogP contribution in [-0.4, -0.2) is 38.0 Å². The zero-order valence-corrected chi connectivity index (χ0v) is 13.2. The average molecular weight is 314 g/mol. The number of ether oxygens (including phenoxy) is 1. The zero-order chi connectivity index (χ0) is 15.3. The van der Waals surface area contributed by atoms with E-state index in [0.29, 0.717) is 0 Å². The van der Waals surface area contributed by atoms with E-state index in [0.717, 1.165) is 43.3 Å². The summed E-state index contributed by atoms with van der Waals surface area (Å²) in [5.74, 6) is 6.31. The van der Waals surface area contributed by atoms with Gasteiger partial charge in [0.15, 0.2) is 5.60 Å². The van der Waals surface area contributed by atoms with Gasteiger partial charge in [-0.15, -0.1) is 11.3 Å². The second kappa shape index (κ2) is 7.08. The third-order valence-electron chi connectivity index (χ3n) is 3.88. The number of thiophene rings is 1. The van der Waals surface area contributed by atoms with Gasteiger partial charge < -0.3 is 14.7 Å². The summed E-state index contributed by atoms with van der Waals surface area (Å²) in [4.78, 5) is 2.28. The summed E-state index contributed by atoms with van der Waals surface area (Å²) >= 11 is 1.53. The maximum absolute atomic E-state index is 11.2. The minimum Gasteiger partial charge on any atom is -0.370 e. The standard InChI is InChI=1S/C18H19NO2S/c20-18(17-8-4-15-22-17,16-6-2-1-3-7-16)9-5-10-19-11-13-21-14-12-19/h1-4,6-8,15,20H,10-14H2/p+1. The lowest BCUT2D eigenvalue weighted by Crippen LogP contribution is -3.14. The van der Waals surface area contributed by atoms with Gasteiger partial charge in [0.2, 0.25) is 0 Å². The third kappa shape index (κ3) is 3.40. The van der Waals surface area contributed by atoms with Crippen LogP contribution in [0.15, 0.2) is 47.8 Å². The molecule has 1 aromatic carbocycles. The molecule has 0 spiro atoms. The number of morpholine rings is 1. The van der Waals surface area contributed by atoms with Gasteiger partial charge in [-0.05, 0) is 17.4 Å². The molecule has 0 radical (unpaired) electrons. The fourth-order valence-corrected chi connectivity index (χ4v) is 3.37. The van der Waals surface area contributed by atoms with E-state index < -0.39 is 5.60 Å². The van der Waals surface area contributed by atoms with Gasteiger partial charge in [0.1, 0.15) is 19.6 Å². The first-order valence-corrected chi connectivity index (χ1v) is 8.40. The smallest absolute Gasteiger partial charge is 0.186 e. The molecule has 0 saturated carbocycles. The van der Waals surface area contributed by atoms with Crippen LogP contribution < -0.4 is 4.90 Å². The SMILES string of the molecule is OC(C#CC[NH+]1CCOCC1)(c1ccccc1)c1cccs1. The Hall–Kier alpha value is -1.64. The molecule has 3 nitrogen and oxygen atoms in total. The number of rotatable bonds is 3. The van der Waals surface area contributed by atoms with Crippen molar-refractivity contribution in [2.24, 2.45) is 0 Å². The summed E-state index contributed by atoms with van der Waals surface area (Å²) in [6.07, 6.45) is 0. The number of quaternary nitrogens is 1. The maximum Gasteiger partial charge on any atom is 0.186 e. The van der Waals surface area contributed by atoms with E-state index in [9.17, 15) is 5.11 Å². The van der Waals surface area contributed by atoms with E-state index in [1.54, 1.807) is 0 Å². The van der Waals surface area contributed by atoms with E-state index >= 15 is 0 Å². The first-order chi connectivity index (χ1) is 10.8. The van der Waals surface area contributed by atoms with Crippen molar-refractivity contribution in [1.29, 1.82) is 0 Å². The molecule has 0 aliphatic carbocycles. The third-order valence-corrected chi connectivity index (χ3v) is 4.86. The van der Waals surface area contributed by atoms with Gasteiger partial charge in [-0.3, -0.25) is 0 Å². The Bertz CT molecular complexity index is 639. The number of hydrogen-bond acceptors (Lipinski definition) is 3. The summed E-state index contributed by atoms with van der Waals surface area (Å²) in [5.41, 5.74) is -0.400. The minimum atomic E-state index is -1.22. The lowest BCUT2D eigenvalue weighted by Gasteiger charge is -2.23. The second-order valence-electron chi connectivity index (χ2n) is 5.39. The molecule has 2 heterocycles. The minimum absolute atomic E-state index is 0.740. The van der Waals surface area contributed by atoms with Crippen LogP contribution in [0.2, 0.25) is 0 Å². The molecule has 0 bridgehead atoms. The molecule has 2 aromatic rings. The van der Waals surface area contributed by atoms with Crippen molar-refractivity contribution in [2.75, 3.05) is 32.8 Å². The molecule has 2 N–H and O–H groups in total. The van der Waals surface area contributed by atoms with E-state index in [4.69, 9.17) is 4.74 Å². The summed E-state index contributed by atoms with van der Waals surface area (Å²) in [7, 11) is 0. The molecule has 1 aliphatic heterocycles. The van der Waals surface area contributed by atoms with Crippen LogP contribution in [0.5, 0.6) is 0 Å².